The van der Waals surface area contributed by atoms with E-state index in [2.05, 4.69) is 35.0 Å². The van der Waals surface area contributed by atoms with E-state index in [0.29, 0.717) is 30.6 Å². The number of hydrogen-bond donors (Lipinski definition) is 1. The molecule has 3 aromatic heterocycles. The molecule has 3 aromatic rings. The lowest BCUT2D eigenvalue weighted by atomic mass is 9.92. The summed E-state index contributed by atoms with van der Waals surface area (Å²) in [5.41, 5.74) is 1.66. The second-order valence-electron chi connectivity index (χ2n) is 7.18. The first-order valence-electron chi connectivity index (χ1n) is 8.95. The van der Waals surface area contributed by atoms with Crippen LogP contribution in [-0.2, 0) is 0 Å². The molecule has 7 nitrogen and oxygen atoms in total. The molecular formula is C19H23N5O2. The van der Waals surface area contributed by atoms with Crippen molar-refractivity contribution in [3.8, 4) is 0 Å². The fourth-order valence-corrected chi connectivity index (χ4v) is 3.65. The fourth-order valence-electron chi connectivity index (χ4n) is 3.65. The molecule has 0 radical (unpaired) electrons. The van der Waals surface area contributed by atoms with Gasteiger partial charge in [-0.15, -0.1) is 0 Å². The van der Waals surface area contributed by atoms with Gasteiger partial charge in [-0.25, -0.2) is 4.98 Å². The van der Waals surface area contributed by atoms with Crippen LogP contribution in [0.2, 0.25) is 0 Å². The van der Waals surface area contributed by atoms with E-state index < -0.39 is 0 Å². The molecule has 0 spiro atoms. The van der Waals surface area contributed by atoms with Crippen molar-refractivity contribution in [1.29, 1.82) is 0 Å². The van der Waals surface area contributed by atoms with Crippen LogP contribution in [0.1, 0.15) is 31.4 Å². The zero-order chi connectivity index (χ0) is 18.3. The number of nitrogens with zero attached hydrogens (tertiary/aromatic N) is 5. The SMILES string of the molecule is CC(C)n1cc([C@@H]2CN(c3cc(=O)n4ccccc4n3)C[C@H]2CO)cn1. The van der Waals surface area contributed by atoms with Crippen molar-refractivity contribution in [2.24, 2.45) is 5.92 Å². The number of anilines is 1. The van der Waals surface area contributed by atoms with Gasteiger partial charge >= 0.3 is 0 Å². The zero-order valence-electron chi connectivity index (χ0n) is 15.0. The zero-order valence-corrected chi connectivity index (χ0v) is 15.0. The molecule has 1 saturated heterocycles. The maximum atomic E-state index is 12.4. The standard InChI is InChI=1S/C19H23N5O2/c1-13(2)24-10-14(8-20-24)16-11-22(9-15(16)12-25)18-7-19(26)23-6-4-3-5-17(23)21-18/h3-8,10,13,15-16,25H,9,11-12H2,1-2H3/t15-,16-/m0/s1. The average Bonchev–Trinajstić information content (AvgIpc) is 3.28. The molecule has 0 unspecified atom stereocenters. The van der Waals surface area contributed by atoms with Gasteiger partial charge in [-0.1, -0.05) is 6.07 Å². The monoisotopic (exact) mass is 353 g/mol. The smallest absolute Gasteiger partial charge is 0.259 e. The maximum Gasteiger partial charge on any atom is 0.259 e. The van der Waals surface area contributed by atoms with Crippen LogP contribution in [0.5, 0.6) is 0 Å². The number of pyridine rings is 1. The van der Waals surface area contributed by atoms with Gasteiger partial charge < -0.3 is 10.0 Å². The van der Waals surface area contributed by atoms with Gasteiger partial charge in [0.2, 0.25) is 0 Å². The summed E-state index contributed by atoms with van der Waals surface area (Å²) >= 11 is 0. The lowest BCUT2D eigenvalue weighted by molar-refractivity contribution is 0.227. The summed E-state index contributed by atoms with van der Waals surface area (Å²) in [6.45, 7) is 5.66. The molecule has 0 saturated carbocycles. The van der Waals surface area contributed by atoms with Crippen LogP contribution in [-0.4, -0.2) is 44.0 Å². The molecular weight excluding hydrogens is 330 g/mol. The van der Waals surface area contributed by atoms with Crippen LogP contribution >= 0.6 is 0 Å². The van der Waals surface area contributed by atoms with Gasteiger partial charge in [0.15, 0.2) is 0 Å². The summed E-state index contributed by atoms with van der Waals surface area (Å²) in [5, 5.41) is 14.3. The molecule has 4 heterocycles. The predicted octanol–water partition coefficient (Wildman–Crippen LogP) is 1.68. The van der Waals surface area contributed by atoms with Crippen molar-refractivity contribution in [2.75, 3.05) is 24.6 Å². The van der Waals surface area contributed by atoms with Gasteiger partial charge in [-0.2, -0.15) is 5.10 Å². The Morgan fingerprint density at radius 3 is 2.88 bits per heavy atom. The Kier molecular flexibility index (Phi) is 4.24. The van der Waals surface area contributed by atoms with E-state index in [-0.39, 0.29) is 24.0 Å². The minimum Gasteiger partial charge on any atom is -0.396 e. The topological polar surface area (TPSA) is 75.7 Å². The van der Waals surface area contributed by atoms with Gasteiger partial charge in [0.05, 0.1) is 6.20 Å². The van der Waals surface area contributed by atoms with Gasteiger partial charge in [0.1, 0.15) is 11.5 Å². The molecule has 0 bridgehead atoms. The average molecular weight is 353 g/mol. The molecule has 1 aliphatic heterocycles. The molecule has 1 N–H and O–H groups in total. The maximum absolute atomic E-state index is 12.4. The normalized spacial score (nSPS) is 20.4. The molecule has 0 aliphatic carbocycles. The van der Waals surface area contributed by atoms with Crippen molar-refractivity contribution in [2.45, 2.75) is 25.8 Å². The summed E-state index contributed by atoms with van der Waals surface area (Å²) in [6.07, 6.45) is 5.67. The summed E-state index contributed by atoms with van der Waals surface area (Å²) in [5.74, 6) is 0.928. The van der Waals surface area contributed by atoms with E-state index in [1.165, 1.54) is 4.40 Å². The third kappa shape index (κ3) is 2.88. The molecule has 136 valence electrons. The highest BCUT2D eigenvalue weighted by Crippen LogP contribution is 2.34. The Labute approximate surface area is 151 Å². The van der Waals surface area contributed by atoms with Crippen LogP contribution in [0.15, 0.2) is 47.7 Å². The molecule has 26 heavy (non-hydrogen) atoms. The van der Waals surface area contributed by atoms with Crippen molar-refractivity contribution in [1.82, 2.24) is 19.2 Å². The van der Waals surface area contributed by atoms with Crippen molar-refractivity contribution < 1.29 is 5.11 Å². The van der Waals surface area contributed by atoms with Crippen LogP contribution in [0.25, 0.3) is 5.65 Å². The Bertz CT molecular complexity index is 977. The van der Waals surface area contributed by atoms with E-state index in [1.54, 1.807) is 12.3 Å². The number of fused-ring (bicyclic) bond motifs is 1. The highest BCUT2D eigenvalue weighted by atomic mass is 16.3. The Balaban J connectivity index is 1.65. The molecule has 0 amide bonds. The van der Waals surface area contributed by atoms with Crippen molar-refractivity contribution in [3.63, 3.8) is 0 Å². The first-order chi connectivity index (χ1) is 12.6. The lowest BCUT2D eigenvalue weighted by Crippen LogP contribution is -2.25. The first-order valence-corrected chi connectivity index (χ1v) is 8.95. The summed E-state index contributed by atoms with van der Waals surface area (Å²) < 4.78 is 3.47. The highest BCUT2D eigenvalue weighted by Gasteiger charge is 2.35. The molecule has 1 fully saturated rings. The number of hydrogen-bond acceptors (Lipinski definition) is 5. The Hall–Kier alpha value is -2.67. The van der Waals surface area contributed by atoms with Crippen LogP contribution in [0.3, 0.4) is 0 Å². The minimum atomic E-state index is -0.0952. The fraction of sp³-hybridized carbons (Fsp3) is 0.421. The van der Waals surface area contributed by atoms with Crippen molar-refractivity contribution >= 4 is 11.5 Å². The van der Waals surface area contributed by atoms with Crippen LogP contribution in [0, 0.1) is 5.92 Å². The van der Waals surface area contributed by atoms with Crippen LogP contribution in [0.4, 0.5) is 5.82 Å². The second kappa shape index (κ2) is 6.57. The number of aliphatic hydroxyl groups is 1. The predicted molar refractivity (Wildman–Crippen MR) is 99.6 cm³/mol. The van der Waals surface area contributed by atoms with E-state index in [4.69, 9.17) is 0 Å². The molecule has 2 atom stereocenters. The minimum absolute atomic E-state index is 0.0934. The second-order valence-corrected chi connectivity index (χ2v) is 7.18. The first kappa shape index (κ1) is 16.8. The molecule has 0 aromatic carbocycles. The third-order valence-corrected chi connectivity index (χ3v) is 5.14. The Morgan fingerprint density at radius 2 is 2.15 bits per heavy atom. The van der Waals surface area contributed by atoms with Gasteiger partial charge in [0, 0.05) is 56.0 Å². The largest absolute Gasteiger partial charge is 0.396 e. The van der Waals surface area contributed by atoms with Gasteiger partial charge in [0.25, 0.3) is 5.56 Å². The highest BCUT2D eigenvalue weighted by molar-refractivity contribution is 5.49. The van der Waals surface area contributed by atoms with E-state index in [9.17, 15) is 9.90 Å². The Morgan fingerprint density at radius 1 is 1.31 bits per heavy atom. The van der Waals surface area contributed by atoms with Gasteiger partial charge in [-0.05, 0) is 31.5 Å². The lowest BCUT2D eigenvalue weighted by Gasteiger charge is -2.17. The van der Waals surface area contributed by atoms with E-state index in [1.807, 2.05) is 29.1 Å². The van der Waals surface area contributed by atoms with E-state index in [0.717, 1.165) is 5.56 Å². The quantitative estimate of drug-likeness (QED) is 0.772. The van der Waals surface area contributed by atoms with Gasteiger partial charge in [-0.3, -0.25) is 13.9 Å². The number of aliphatic hydroxyl groups excluding tert-OH is 1. The number of rotatable bonds is 4. The summed E-state index contributed by atoms with van der Waals surface area (Å²) in [7, 11) is 0. The molecule has 7 heteroatoms. The number of aromatic nitrogens is 4. The molecule has 1 aliphatic rings. The summed E-state index contributed by atoms with van der Waals surface area (Å²) in [4.78, 5) is 19.1. The van der Waals surface area contributed by atoms with Crippen LogP contribution < -0.4 is 10.5 Å². The van der Waals surface area contributed by atoms with Crippen molar-refractivity contribution in [3.05, 3.63) is 58.8 Å². The van der Waals surface area contributed by atoms with E-state index >= 15 is 0 Å². The summed E-state index contributed by atoms with van der Waals surface area (Å²) in [6, 6.07) is 7.39. The third-order valence-electron chi connectivity index (χ3n) is 5.14. The molecule has 4 rings (SSSR count).